The van der Waals surface area contributed by atoms with Crippen LogP contribution in [0.5, 0.6) is 0 Å². The minimum absolute atomic E-state index is 0. The van der Waals surface area contributed by atoms with E-state index in [1.165, 1.54) is 66.1 Å². The quantitative estimate of drug-likeness (QED) is 0.128. The Morgan fingerprint density at radius 2 is 0.981 bits per heavy atom. The van der Waals surface area contributed by atoms with Crippen LogP contribution >= 0.6 is 24.8 Å². The maximum Gasteiger partial charge on any atom is 0.0896 e. The third kappa shape index (κ3) is 9.53. The van der Waals surface area contributed by atoms with Crippen molar-refractivity contribution < 1.29 is 32.2 Å². The Kier molecular flexibility index (Phi) is 14.8. The van der Waals surface area contributed by atoms with Crippen molar-refractivity contribution in [2.75, 3.05) is 0 Å². The Balaban J connectivity index is 0.000000208. The molecule has 0 aliphatic carbocycles. The van der Waals surface area contributed by atoms with Crippen LogP contribution in [0.25, 0.3) is 66.4 Å². The van der Waals surface area contributed by atoms with Gasteiger partial charge in [-0.25, -0.2) is 0 Å². The summed E-state index contributed by atoms with van der Waals surface area (Å²) < 4.78 is 11.8. The van der Waals surface area contributed by atoms with Gasteiger partial charge in [-0.1, -0.05) is 101 Å². The number of hydrogen-bond acceptors (Lipinski definition) is 2. The van der Waals surface area contributed by atoms with Crippen LogP contribution in [-0.4, -0.2) is 5.43 Å². The van der Waals surface area contributed by atoms with Crippen molar-refractivity contribution >= 4 is 51.8 Å². The minimum Gasteiger partial charge on any atom is -0.496 e. The van der Waals surface area contributed by atoms with E-state index < -0.39 is 0 Å². The van der Waals surface area contributed by atoms with Crippen LogP contribution in [0.1, 0.15) is 40.7 Å². The molecule has 0 bridgehead atoms. The molecule has 0 radical (unpaired) electrons. The summed E-state index contributed by atoms with van der Waals surface area (Å²) in [4.78, 5) is 0. The number of benzene rings is 4. The molecule has 0 aliphatic heterocycles. The predicted molar refractivity (Wildman–Crippen MR) is 230 cm³/mol. The van der Waals surface area contributed by atoms with Crippen LogP contribution < -0.4 is 0 Å². The third-order valence-electron chi connectivity index (χ3n) is 9.50. The molecule has 8 rings (SSSR count). The molecule has 53 heavy (non-hydrogen) atoms. The molecular formula is C47H48Cl2O2SiZr. The van der Waals surface area contributed by atoms with Crippen LogP contribution in [-0.2, 0) is 29.8 Å². The van der Waals surface area contributed by atoms with E-state index in [0.29, 0.717) is 0 Å². The SMILES string of the molecule is CCc1ccc(-c2cc3c(-c4ccccc4)c(C)c(C)cc3[cH-]2)o1.C[Si](C)=[Zr+2].Cc1ccc(-c2cc3c(-c4ccccc4)c(C)c(C)cc3[cH-]2)o1.Cl.Cl. The number of rotatable bonds is 5. The van der Waals surface area contributed by atoms with Crippen molar-refractivity contribution in [3.8, 4) is 44.9 Å². The van der Waals surface area contributed by atoms with Crippen LogP contribution in [0.2, 0.25) is 13.1 Å². The second-order valence-electron chi connectivity index (χ2n) is 13.6. The zero-order valence-electron chi connectivity index (χ0n) is 31.9. The van der Waals surface area contributed by atoms with Crippen LogP contribution in [0, 0.1) is 34.6 Å². The van der Waals surface area contributed by atoms with E-state index in [0.717, 1.165) is 40.6 Å². The van der Waals surface area contributed by atoms with Crippen LogP contribution in [0.3, 0.4) is 0 Å². The Labute approximate surface area is 342 Å². The van der Waals surface area contributed by atoms with E-state index in [9.17, 15) is 0 Å². The molecule has 0 amide bonds. The van der Waals surface area contributed by atoms with Crippen molar-refractivity contribution in [3.63, 3.8) is 0 Å². The van der Waals surface area contributed by atoms with Gasteiger partial charge >= 0.3 is 41.9 Å². The van der Waals surface area contributed by atoms with Gasteiger partial charge in [0.1, 0.15) is 0 Å². The van der Waals surface area contributed by atoms with Gasteiger partial charge in [-0.05, 0) is 81.1 Å². The topological polar surface area (TPSA) is 26.3 Å². The van der Waals surface area contributed by atoms with Crippen LogP contribution in [0.15, 0.2) is 130 Å². The molecule has 0 unspecified atom stereocenters. The van der Waals surface area contributed by atoms with E-state index in [2.05, 4.69) is 157 Å². The summed E-state index contributed by atoms with van der Waals surface area (Å²) in [6, 6.07) is 43.0. The van der Waals surface area contributed by atoms with E-state index in [1.807, 2.05) is 19.1 Å². The minimum atomic E-state index is 0. The fourth-order valence-electron chi connectivity index (χ4n) is 6.76. The van der Waals surface area contributed by atoms with Crippen molar-refractivity contribution in [2.45, 2.75) is 61.1 Å². The van der Waals surface area contributed by atoms with Gasteiger partial charge in [-0.3, -0.25) is 0 Å². The third-order valence-corrected chi connectivity index (χ3v) is 9.50. The zero-order chi connectivity index (χ0) is 36.2. The number of furan rings is 2. The number of halogens is 2. The molecule has 0 fully saturated rings. The summed E-state index contributed by atoms with van der Waals surface area (Å²) in [5.74, 6) is 3.87. The molecule has 6 heteroatoms. The molecule has 0 atom stereocenters. The average molecular weight is 835 g/mol. The first kappa shape index (κ1) is 42.1. The summed E-state index contributed by atoms with van der Waals surface area (Å²) >= 11 is 1.74. The first-order valence-corrected chi connectivity index (χ1v) is 23.9. The van der Waals surface area contributed by atoms with Crippen molar-refractivity contribution in [1.82, 2.24) is 0 Å². The standard InChI is InChI=1S/C23H21O.C22H19O.C2H6Si.2ClH.Zr/c1-4-20-10-11-22(24-20)19-13-18-12-15(2)16(3)23(21(18)14-19)17-8-6-5-7-9-17;1-14-11-18-12-19(21-10-9-15(2)23-21)13-20(18)22(16(14)3)17-7-5-4-6-8-17;1-3-2;;;/h5-14H,4H2,1-3H3;4-13H,1-3H3;1-2H3;2*1H;/q2*-1;;;;+2. The molecule has 6 aromatic carbocycles. The molecule has 270 valence electrons. The van der Waals surface area contributed by atoms with Crippen LogP contribution in [0.4, 0.5) is 0 Å². The first-order chi connectivity index (χ1) is 24.5. The molecule has 2 nitrogen and oxygen atoms in total. The Hall–Kier alpha value is -3.66. The van der Waals surface area contributed by atoms with Gasteiger partial charge in [0.25, 0.3) is 0 Å². The van der Waals surface area contributed by atoms with Gasteiger partial charge in [-0.2, -0.15) is 0 Å². The zero-order valence-corrected chi connectivity index (χ0v) is 37.0. The largest absolute Gasteiger partial charge is 0.496 e. The maximum atomic E-state index is 5.95. The van der Waals surface area contributed by atoms with E-state index in [4.69, 9.17) is 8.83 Å². The van der Waals surface area contributed by atoms with Crippen molar-refractivity contribution in [3.05, 3.63) is 155 Å². The molecular weight excluding hydrogens is 787 g/mol. The fraction of sp³-hybridized carbons (Fsp3) is 0.191. The molecule has 0 spiro atoms. The molecule has 0 N–H and O–H groups in total. The summed E-state index contributed by atoms with van der Waals surface area (Å²) in [7, 11) is 0. The molecule has 2 aromatic heterocycles. The molecule has 0 saturated carbocycles. The van der Waals surface area contributed by atoms with Gasteiger partial charge in [0.15, 0.2) is 0 Å². The summed E-state index contributed by atoms with van der Waals surface area (Å²) in [5, 5.41) is 5.15. The maximum absolute atomic E-state index is 5.95. The molecule has 0 aliphatic rings. The Bertz CT molecular complexity index is 2440. The van der Waals surface area contributed by atoms with Gasteiger partial charge in [0.2, 0.25) is 0 Å². The molecule has 0 saturated heterocycles. The summed E-state index contributed by atoms with van der Waals surface area (Å²) in [6.45, 7) is 17.5. The van der Waals surface area contributed by atoms with E-state index in [1.54, 1.807) is 23.3 Å². The Morgan fingerprint density at radius 3 is 1.36 bits per heavy atom. The fourth-order valence-corrected chi connectivity index (χ4v) is 6.76. The van der Waals surface area contributed by atoms with Gasteiger partial charge in [0, 0.05) is 6.42 Å². The van der Waals surface area contributed by atoms with Gasteiger partial charge < -0.3 is 8.83 Å². The Morgan fingerprint density at radius 1 is 0.566 bits per heavy atom. The second kappa shape index (κ2) is 18.6. The predicted octanol–water partition coefficient (Wildman–Crippen LogP) is 14.7. The van der Waals surface area contributed by atoms with Crippen molar-refractivity contribution in [1.29, 1.82) is 0 Å². The molecule has 8 aromatic rings. The summed E-state index contributed by atoms with van der Waals surface area (Å²) in [5.41, 5.74) is 13.1. The number of hydrogen-bond donors (Lipinski definition) is 0. The average Bonchev–Trinajstić information content (AvgIpc) is 3.93. The summed E-state index contributed by atoms with van der Waals surface area (Å²) in [6.07, 6.45) is 0.924. The number of aryl methyl sites for hydroxylation is 4. The monoisotopic (exact) mass is 832 g/mol. The van der Waals surface area contributed by atoms with E-state index >= 15 is 0 Å². The molecule has 2 heterocycles. The van der Waals surface area contributed by atoms with Crippen molar-refractivity contribution in [2.24, 2.45) is 0 Å². The van der Waals surface area contributed by atoms with Gasteiger partial charge in [-0.15, -0.1) is 82.8 Å². The second-order valence-corrected chi connectivity index (χ2v) is 23.0. The number of fused-ring (bicyclic) bond motifs is 2. The normalized spacial score (nSPS) is 10.5. The first-order valence-electron chi connectivity index (χ1n) is 17.7. The van der Waals surface area contributed by atoms with E-state index in [-0.39, 0.29) is 30.2 Å². The smallest absolute Gasteiger partial charge is 0.0896 e. The van der Waals surface area contributed by atoms with Gasteiger partial charge in [0.05, 0.1) is 23.0 Å².